The van der Waals surface area contributed by atoms with Crippen LogP contribution < -0.4 is 0 Å². The van der Waals surface area contributed by atoms with E-state index in [1.54, 1.807) is 0 Å². The van der Waals surface area contributed by atoms with Crippen molar-refractivity contribution in [3.63, 3.8) is 0 Å². The Labute approximate surface area is 100 Å². The van der Waals surface area contributed by atoms with Crippen molar-refractivity contribution in [2.24, 2.45) is 0 Å². The van der Waals surface area contributed by atoms with Gasteiger partial charge in [-0.1, -0.05) is 38.8 Å². The standard InChI is InChI=1S/C14H26O2/c1-4-6-7-8-9-10-11-12-14(15)16-13(3)5-2/h8-9,13H,4-7,10-12H2,1-3H3/b9-8+. The van der Waals surface area contributed by atoms with Gasteiger partial charge in [0, 0.05) is 6.42 Å². The normalized spacial score (nSPS) is 12.9. The predicted molar refractivity (Wildman–Crippen MR) is 68.4 cm³/mol. The van der Waals surface area contributed by atoms with Gasteiger partial charge in [0.05, 0.1) is 6.10 Å². The molecule has 0 rings (SSSR count). The third-order valence-electron chi connectivity index (χ3n) is 2.55. The molecule has 0 spiro atoms. The van der Waals surface area contributed by atoms with E-state index in [1.165, 1.54) is 12.8 Å². The summed E-state index contributed by atoms with van der Waals surface area (Å²) >= 11 is 0. The molecule has 1 atom stereocenters. The zero-order chi connectivity index (χ0) is 12.2. The summed E-state index contributed by atoms with van der Waals surface area (Å²) in [6, 6.07) is 0. The van der Waals surface area contributed by atoms with Gasteiger partial charge in [0.1, 0.15) is 0 Å². The molecule has 0 aliphatic carbocycles. The third kappa shape index (κ3) is 9.75. The van der Waals surface area contributed by atoms with E-state index < -0.39 is 0 Å². The maximum Gasteiger partial charge on any atom is 0.306 e. The van der Waals surface area contributed by atoms with Crippen LogP contribution in [0.25, 0.3) is 0 Å². The Morgan fingerprint density at radius 3 is 2.38 bits per heavy atom. The summed E-state index contributed by atoms with van der Waals surface area (Å²) in [5.74, 6) is -0.0590. The van der Waals surface area contributed by atoms with E-state index >= 15 is 0 Å². The highest BCUT2D eigenvalue weighted by Gasteiger charge is 2.05. The van der Waals surface area contributed by atoms with Crippen molar-refractivity contribution >= 4 is 5.97 Å². The van der Waals surface area contributed by atoms with Gasteiger partial charge in [-0.25, -0.2) is 0 Å². The summed E-state index contributed by atoms with van der Waals surface area (Å²) in [4.78, 5) is 11.3. The highest BCUT2D eigenvalue weighted by molar-refractivity contribution is 5.69. The molecule has 0 aliphatic heterocycles. The zero-order valence-corrected chi connectivity index (χ0v) is 11.0. The second-order valence-electron chi connectivity index (χ2n) is 4.21. The summed E-state index contributed by atoms with van der Waals surface area (Å²) in [5, 5.41) is 0. The van der Waals surface area contributed by atoms with Crippen molar-refractivity contribution in [2.45, 2.75) is 71.8 Å². The molecular weight excluding hydrogens is 200 g/mol. The minimum atomic E-state index is -0.0590. The van der Waals surface area contributed by atoms with Gasteiger partial charge < -0.3 is 4.74 Å². The lowest BCUT2D eigenvalue weighted by Crippen LogP contribution is -2.13. The number of carbonyl (C=O) groups is 1. The van der Waals surface area contributed by atoms with Crippen LogP contribution >= 0.6 is 0 Å². The third-order valence-corrected chi connectivity index (χ3v) is 2.55. The Kier molecular flexibility index (Phi) is 10.2. The maximum atomic E-state index is 11.3. The number of rotatable bonds is 9. The molecule has 0 saturated carbocycles. The van der Waals surface area contributed by atoms with E-state index in [0.717, 1.165) is 25.7 Å². The number of hydrogen-bond donors (Lipinski definition) is 0. The Balaban J connectivity index is 3.37. The van der Waals surface area contributed by atoms with Gasteiger partial charge in [0.15, 0.2) is 0 Å². The van der Waals surface area contributed by atoms with Gasteiger partial charge >= 0.3 is 5.97 Å². The molecule has 0 saturated heterocycles. The molecule has 0 fully saturated rings. The SMILES string of the molecule is CCCC/C=C/CCCC(=O)OC(C)CC. The average molecular weight is 226 g/mol. The molecule has 1 unspecified atom stereocenters. The van der Waals surface area contributed by atoms with Crippen LogP contribution in [0.2, 0.25) is 0 Å². The fourth-order valence-electron chi connectivity index (χ4n) is 1.29. The second kappa shape index (κ2) is 10.7. The zero-order valence-electron chi connectivity index (χ0n) is 11.0. The molecule has 0 aliphatic rings. The molecule has 16 heavy (non-hydrogen) atoms. The number of allylic oxidation sites excluding steroid dienone is 2. The first kappa shape index (κ1) is 15.2. The molecule has 0 heterocycles. The van der Waals surface area contributed by atoms with Crippen LogP contribution in [0.5, 0.6) is 0 Å². The molecular formula is C14H26O2. The summed E-state index contributed by atoms with van der Waals surface area (Å²) in [6.07, 6.45) is 11.4. The van der Waals surface area contributed by atoms with Crippen LogP contribution in [0, 0.1) is 0 Å². The first-order valence-corrected chi connectivity index (χ1v) is 6.55. The molecule has 0 aromatic carbocycles. The molecule has 0 aromatic rings. The Morgan fingerprint density at radius 1 is 1.19 bits per heavy atom. The van der Waals surface area contributed by atoms with Crippen LogP contribution in [0.1, 0.15) is 65.7 Å². The Bertz CT molecular complexity index is 197. The van der Waals surface area contributed by atoms with Crippen LogP contribution in [0.15, 0.2) is 12.2 Å². The Morgan fingerprint density at radius 2 is 1.81 bits per heavy atom. The van der Waals surface area contributed by atoms with Crippen LogP contribution in [0.4, 0.5) is 0 Å². The smallest absolute Gasteiger partial charge is 0.306 e. The van der Waals surface area contributed by atoms with Crippen molar-refractivity contribution in [3.05, 3.63) is 12.2 Å². The summed E-state index contributed by atoms with van der Waals surface area (Å²) in [7, 11) is 0. The highest BCUT2D eigenvalue weighted by atomic mass is 16.5. The van der Waals surface area contributed by atoms with E-state index in [4.69, 9.17) is 4.74 Å². The van der Waals surface area contributed by atoms with E-state index in [9.17, 15) is 4.79 Å². The van der Waals surface area contributed by atoms with Crippen molar-refractivity contribution in [3.8, 4) is 0 Å². The fourth-order valence-corrected chi connectivity index (χ4v) is 1.29. The molecule has 2 nitrogen and oxygen atoms in total. The van der Waals surface area contributed by atoms with Gasteiger partial charge in [0.2, 0.25) is 0 Å². The Hall–Kier alpha value is -0.790. The largest absolute Gasteiger partial charge is 0.463 e. The van der Waals surface area contributed by atoms with Crippen molar-refractivity contribution in [1.82, 2.24) is 0 Å². The van der Waals surface area contributed by atoms with E-state index in [1.807, 2.05) is 13.8 Å². The van der Waals surface area contributed by atoms with Crippen LogP contribution in [0.3, 0.4) is 0 Å². The van der Waals surface area contributed by atoms with Gasteiger partial charge in [-0.3, -0.25) is 4.79 Å². The quantitative estimate of drug-likeness (QED) is 0.334. The van der Waals surface area contributed by atoms with Crippen molar-refractivity contribution < 1.29 is 9.53 Å². The fraction of sp³-hybridized carbons (Fsp3) is 0.786. The molecule has 0 bridgehead atoms. The topological polar surface area (TPSA) is 26.3 Å². The lowest BCUT2D eigenvalue weighted by atomic mass is 10.2. The first-order chi connectivity index (χ1) is 7.70. The molecule has 0 radical (unpaired) electrons. The van der Waals surface area contributed by atoms with Crippen molar-refractivity contribution in [2.75, 3.05) is 0 Å². The molecule has 0 N–H and O–H groups in total. The minimum Gasteiger partial charge on any atom is -0.463 e. The molecule has 0 aromatic heterocycles. The van der Waals surface area contributed by atoms with Gasteiger partial charge in [-0.2, -0.15) is 0 Å². The van der Waals surface area contributed by atoms with E-state index in [-0.39, 0.29) is 12.1 Å². The predicted octanol–water partition coefficient (Wildman–Crippen LogP) is 4.24. The lowest BCUT2D eigenvalue weighted by Gasteiger charge is -2.09. The monoisotopic (exact) mass is 226 g/mol. The number of carbonyl (C=O) groups excluding carboxylic acids is 1. The lowest BCUT2D eigenvalue weighted by molar-refractivity contribution is -0.148. The number of esters is 1. The van der Waals surface area contributed by atoms with Crippen molar-refractivity contribution in [1.29, 1.82) is 0 Å². The van der Waals surface area contributed by atoms with Gasteiger partial charge in [-0.05, 0) is 32.6 Å². The number of unbranched alkanes of at least 4 members (excludes halogenated alkanes) is 3. The first-order valence-electron chi connectivity index (χ1n) is 6.55. The summed E-state index contributed by atoms with van der Waals surface area (Å²) < 4.78 is 5.18. The summed E-state index contributed by atoms with van der Waals surface area (Å²) in [6.45, 7) is 6.15. The minimum absolute atomic E-state index is 0.0590. The molecule has 0 amide bonds. The van der Waals surface area contributed by atoms with Gasteiger partial charge in [0.25, 0.3) is 0 Å². The molecule has 2 heteroatoms. The summed E-state index contributed by atoms with van der Waals surface area (Å²) in [5.41, 5.74) is 0. The number of ether oxygens (including phenoxy) is 1. The average Bonchev–Trinajstić information content (AvgIpc) is 2.27. The van der Waals surface area contributed by atoms with Gasteiger partial charge in [-0.15, -0.1) is 0 Å². The van der Waals surface area contributed by atoms with Crippen LogP contribution in [-0.4, -0.2) is 12.1 Å². The number of hydrogen-bond acceptors (Lipinski definition) is 2. The van der Waals surface area contributed by atoms with Crippen LogP contribution in [-0.2, 0) is 9.53 Å². The maximum absolute atomic E-state index is 11.3. The van der Waals surface area contributed by atoms with E-state index in [2.05, 4.69) is 19.1 Å². The molecule has 94 valence electrons. The highest BCUT2D eigenvalue weighted by Crippen LogP contribution is 2.04. The van der Waals surface area contributed by atoms with E-state index in [0.29, 0.717) is 6.42 Å². The second-order valence-corrected chi connectivity index (χ2v) is 4.21.